The summed E-state index contributed by atoms with van der Waals surface area (Å²) >= 11 is 0. The number of nitrogen functional groups attached to an aromatic ring is 1. The lowest BCUT2D eigenvalue weighted by Crippen LogP contribution is -1.91. The van der Waals surface area contributed by atoms with Crippen LogP contribution in [0.5, 0.6) is 0 Å². The van der Waals surface area contributed by atoms with Crippen molar-refractivity contribution in [2.24, 2.45) is 0 Å². The van der Waals surface area contributed by atoms with E-state index < -0.39 is 0 Å². The molecule has 0 amide bonds. The first-order chi connectivity index (χ1) is 7.58. The first kappa shape index (κ1) is 10.7. The van der Waals surface area contributed by atoms with E-state index >= 15 is 0 Å². The molecule has 0 aliphatic heterocycles. The van der Waals surface area contributed by atoms with Crippen molar-refractivity contribution in [3.8, 4) is 11.1 Å². The highest BCUT2D eigenvalue weighted by atomic mass is 19.1. The van der Waals surface area contributed by atoms with Crippen LogP contribution in [0.4, 0.5) is 10.1 Å². The quantitative estimate of drug-likeness (QED) is 0.721. The highest BCUT2D eigenvalue weighted by molar-refractivity contribution is 5.70. The Morgan fingerprint density at radius 3 is 2.38 bits per heavy atom. The van der Waals surface area contributed by atoms with Crippen molar-refractivity contribution in [1.82, 2.24) is 0 Å². The van der Waals surface area contributed by atoms with Gasteiger partial charge in [-0.2, -0.15) is 0 Å². The minimum Gasteiger partial charge on any atom is -0.399 e. The van der Waals surface area contributed by atoms with E-state index in [0.717, 1.165) is 16.7 Å². The monoisotopic (exact) mass is 215 g/mol. The average molecular weight is 215 g/mol. The number of rotatable bonds is 1. The Labute approximate surface area is 94.7 Å². The molecule has 0 heterocycles. The highest BCUT2D eigenvalue weighted by Crippen LogP contribution is 2.28. The molecule has 2 N–H and O–H groups in total. The second-order valence-electron chi connectivity index (χ2n) is 4.06. The number of aryl methyl sites for hydroxylation is 2. The largest absolute Gasteiger partial charge is 0.399 e. The van der Waals surface area contributed by atoms with Crippen molar-refractivity contribution in [3.05, 3.63) is 53.3 Å². The van der Waals surface area contributed by atoms with Crippen molar-refractivity contribution in [2.75, 3.05) is 5.73 Å². The molecule has 0 radical (unpaired) electrons. The van der Waals surface area contributed by atoms with E-state index in [0.29, 0.717) is 11.3 Å². The number of anilines is 1. The van der Waals surface area contributed by atoms with Gasteiger partial charge in [0.15, 0.2) is 0 Å². The molecule has 2 aromatic rings. The molecule has 0 bridgehead atoms. The van der Waals surface area contributed by atoms with Crippen molar-refractivity contribution in [1.29, 1.82) is 0 Å². The SMILES string of the molecule is Cc1ccc(F)c(-c2ccc(N)cc2C)c1. The van der Waals surface area contributed by atoms with Crippen LogP contribution in [-0.2, 0) is 0 Å². The van der Waals surface area contributed by atoms with Gasteiger partial charge in [0.25, 0.3) is 0 Å². The number of hydrogen-bond acceptors (Lipinski definition) is 1. The molecule has 0 aliphatic carbocycles. The van der Waals surface area contributed by atoms with Gasteiger partial charge in [-0.1, -0.05) is 17.7 Å². The Kier molecular flexibility index (Phi) is 2.65. The molecule has 2 rings (SSSR count). The Hall–Kier alpha value is -1.83. The lowest BCUT2D eigenvalue weighted by atomic mass is 9.98. The predicted molar refractivity (Wildman–Crippen MR) is 65.7 cm³/mol. The van der Waals surface area contributed by atoms with Crippen LogP contribution in [-0.4, -0.2) is 0 Å². The fourth-order valence-electron chi connectivity index (χ4n) is 1.83. The summed E-state index contributed by atoms with van der Waals surface area (Å²) < 4.78 is 13.7. The Morgan fingerprint density at radius 1 is 0.938 bits per heavy atom. The lowest BCUT2D eigenvalue weighted by Gasteiger charge is -2.09. The fraction of sp³-hybridized carbons (Fsp3) is 0.143. The number of benzene rings is 2. The first-order valence-corrected chi connectivity index (χ1v) is 5.20. The maximum atomic E-state index is 13.7. The van der Waals surface area contributed by atoms with E-state index in [2.05, 4.69) is 0 Å². The van der Waals surface area contributed by atoms with Crippen molar-refractivity contribution >= 4 is 5.69 Å². The van der Waals surface area contributed by atoms with Gasteiger partial charge in [-0.3, -0.25) is 0 Å². The van der Waals surface area contributed by atoms with Gasteiger partial charge in [-0.25, -0.2) is 4.39 Å². The zero-order valence-corrected chi connectivity index (χ0v) is 9.42. The summed E-state index contributed by atoms with van der Waals surface area (Å²) in [5.74, 6) is -0.196. The molecular formula is C14H14FN. The van der Waals surface area contributed by atoms with Gasteiger partial charge < -0.3 is 5.73 Å². The Balaban J connectivity index is 2.62. The normalized spacial score (nSPS) is 10.4. The summed E-state index contributed by atoms with van der Waals surface area (Å²) in [4.78, 5) is 0. The minimum atomic E-state index is -0.196. The molecule has 0 spiro atoms. The molecule has 16 heavy (non-hydrogen) atoms. The van der Waals surface area contributed by atoms with Crippen LogP contribution in [0.3, 0.4) is 0 Å². The predicted octanol–water partition coefficient (Wildman–Crippen LogP) is 3.69. The first-order valence-electron chi connectivity index (χ1n) is 5.20. The number of hydrogen-bond donors (Lipinski definition) is 1. The molecule has 0 aromatic heterocycles. The third-order valence-corrected chi connectivity index (χ3v) is 2.66. The molecule has 2 heteroatoms. The van der Waals surface area contributed by atoms with Crippen LogP contribution in [0, 0.1) is 19.7 Å². The Morgan fingerprint density at radius 2 is 1.69 bits per heavy atom. The highest BCUT2D eigenvalue weighted by Gasteiger charge is 2.07. The van der Waals surface area contributed by atoms with Gasteiger partial charge in [0.05, 0.1) is 0 Å². The van der Waals surface area contributed by atoms with E-state index in [1.165, 1.54) is 6.07 Å². The average Bonchev–Trinajstić information content (AvgIpc) is 2.22. The maximum absolute atomic E-state index is 13.7. The molecule has 0 saturated carbocycles. The molecule has 2 aromatic carbocycles. The lowest BCUT2D eigenvalue weighted by molar-refractivity contribution is 0.631. The summed E-state index contributed by atoms with van der Waals surface area (Å²) in [6.45, 7) is 3.89. The summed E-state index contributed by atoms with van der Waals surface area (Å²) in [5, 5.41) is 0. The maximum Gasteiger partial charge on any atom is 0.131 e. The molecule has 0 unspecified atom stereocenters. The molecule has 0 saturated heterocycles. The van der Waals surface area contributed by atoms with E-state index in [-0.39, 0.29) is 5.82 Å². The fourth-order valence-corrected chi connectivity index (χ4v) is 1.83. The second-order valence-corrected chi connectivity index (χ2v) is 4.06. The van der Waals surface area contributed by atoms with Crippen LogP contribution >= 0.6 is 0 Å². The summed E-state index contributed by atoms with van der Waals surface area (Å²) in [6.07, 6.45) is 0. The van der Waals surface area contributed by atoms with E-state index in [4.69, 9.17) is 5.73 Å². The van der Waals surface area contributed by atoms with E-state index in [1.54, 1.807) is 12.1 Å². The van der Waals surface area contributed by atoms with Crippen molar-refractivity contribution in [2.45, 2.75) is 13.8 Å². The second kappa shape index (κ2) is 3.97. The van der Waals surface area contributed by atoms with Gasteiger partial charge >= 0.3 is 0 Å². The van der Waals surface area contributed by atoms with Crippen LogP contribution in [0.2, 0.25) is 0 Å². The smallest absolute Gasteiger partial charge is 0.131 e. The number of halogens is 1. The zero-order valence-electron chi connectivity index (χ0n) is 9.42. The third kappa shape index (κ3) is 1.91. The van der Waals surface area contributed by atoms with Gasteiger partial charge in [0, 0.05) is 11.3 Å². The number of nitrogens with two attached hydrogens (primary N) is 1. The van der Waals surface area contributed by atoms with E-state index in [9.17, 15) is 4.39 Å². The van der Waals surface area contributed by atoms with Crippen molar-refractivity contribution in [3.63, 3.8) is 0 Å². The molecule has 0 fully saturated rings. The van der Waals surface area contributed by atoms with Crippen LogP contribution in [0.1, 0.15) is 11.1 Å². The standard InChI is InChI=1S/C14H14FN/c1-9-3-6-14(15)13(7-9)12-5-4-11(16)8-10(12)2/h3-8H,16H2,1-2H3. The summed E-state index contributed by atoms with van der Waals surface area (Å²) in [6, 6.07) is 10.6. The van der Waals surface area contributed by atoms with Gasteiger partial charge in [0.1, 0.15) is 5.82 Å². The topological polar surface area (TPSA) is 26.0 Å². The Bertz CT molecular complexity index is 532. The third-order valence-electron chi connectivity index (χ3n) is 2.66. The van der Waals surface area contributed by atoms with E-state index in [1.807, 2.05) is 32.0 Å². The van der Waals surface area contributed by atoms with Crippen LogP contribution in [0.15, 0.2) is 36.4 Å². The molecule has 1 nitrogen and oxygen atoms in total. The van der Waals surface area contributed by atoms with Crippen molar-refractivity contribution < 1.29 is 4.39 Å². The van der Waals surface area contributed by atoms with Gasteiger partial charge in [-0.05, 0) is 49.2 Å². The zero-order chi connectivity index (χ0) is 11.7. The summed E-state index contributed by atoms with van der Waals surface area (Å²) in [7, 11) is 0. The molecule has 0 atom stereocenters. The molecule has 82 valence electrons. The van der Waals surface area contributed by atoms with Crippen LogP contribution in [0.25, 0.3) is 11.1 Å². The van der Waals surface area contributed by atoms with Crippen LogP contribution < -0.4 is 5.73 Å². The van der Waals surface area contributed by atoms with Gasteiger partial charge in [0.2, 0.25) is 0 Å². The summed E-state index contributed by atoms with van der Waals surface area (Å²) in [5.41, 5.74) is 9.96. The molecular weight excluding hydrogens is 201 g/mol. The molecule has 0 aliphatic rings. The minimum absolute atomic E-state index is 0.196. The van der Waals surface area contributed by atoms with Gasteiger partial charge in [-0.15, -0.1) is 0 Å².